The van der Waals surface area contributed by atoms with Crippen molar-refractivity contribution in [2.24, 2.45) is 0 Å². The van der Waals surface area contributed by atoms with E-state index in [9.17, 15) is 4.79 Å². The molecule has 0 unspecified atom stereocenters. The molecule has 2 N–H and O–H groups in total. The van der Waals surface area contributed by atoms with Crippen molar-refractivity contribution in [1.29, 1.82) is 0 Å². The van der Waals surface area contributed by atoms with E-state index < -0.39 is 0 Å². The van der Waals surface area contributed by atoms with Crippen LogP contribution in [0.25, 0.3) is 0 Å². The molecule has 0 spiro atoms. The van der Waals surface area contributed by atoms with Gasteiger partial charge in [0, 0.05) is 18.7 Å². The highest BCUT2D eigenvalue weighted by Crippen LogP contribution is 2.36. The minimum atomic E-state index is -0.185. The van der Waals surface area contributed by atoms with Crippen molar-refractivity contribution < 1.29 is 14.3 Å². The highest BCUT2D eigenvalue weighted by molar-refractivity contribution is 6.32. The molecule has 0 saturated heterocycles. The normalized spacial score (nSPS) is 10.3. The lowest BCUT2D eigenvalue weighted by atomic mass is 10.2. The lowest BCUT2D eigenvalue weighted by molar-refractivity contribution is 0.0953. The molecule has 0 aliphatic heterocycles. The fourth-order valence-corrected chi connectivity index (χ4v) is 2.00. The van der Waals surface area contributed by atoms with Crippen LogP contribution in [0.4, 0.5) is 0 Å². The average molecular weight is 315 g/mol. The van der Waals surface area contributed by atoms with Crippen LogP contribution < -0.4 is 20.1 Å². The van der Waals surface area contributed by atoms with Crippen LogP contribution in [0.1, 0.15) is 30.6 Å². The van der Waals surface area contributed by atoms with Crippen LogP contribution in [0.2, 0.25) is 5.02 Å². The van der Waals surface area contributed by atoms with Crippen LogP contribution in [0.3, 0.4) is 0 Å². The third kappa shape index (κ3) is 5.44. The number of rotatable bonds is 9. The highest BCUT2D eigenvalue weighted by atomic mass is 35.5. The summed E-state index contributed by atoms with van der Waals surface area (Å²) >= 11 is 6.18. The van der Waals surface area contributed by atoms with E-state index in [0.717, 1.165) is 19.5 Å². The van der Waals surface area contributed by atoms with Gasteiger partial charge in [0.1, 0.15) is 0 Å². The Labute approximate surface area is 131 Å². The second-order valence-electron chi connectivity index (χ2n) is 4.45. The summed E-state index contributed by atoms with van der Waals surface area (Å²) in [6.07, 6.45) is 0.867. The number of nitrogens with one attached hydrogen (secondary N) is 2. The number of benzene rings is 1. The van der Waals surface area contributed by atoms with Gasteiger partial charge in [-0.15, -0.1) is 0 Å². The number of likely N-dealkylation sites (N-methyl/N-ethyl adjacent to an activating group) is 1. The van der Waals surface area contributed by atoms with Gasteiger partial charge in [0.15, 0.2) is 11.5 Å². The maximum atomic E-state index is 12.1. The number of hydrogen-bond donors (Lipinski definition) is 2. The SMILES string of the molecule is CCCOc1c(Cl)cc(C(=O)NCCNCC)cc1OC. The summed E-state index contributed by atoms with van der Waals surface area (Å²) in [7, 11) is 1.53. The highest BCUT2D eigenvalue weighted by Gasteiger charge is 2.15. The van der Waals surface area contributed by atoms with Gasteiger partial charge in [-0.2, -0.15) is 0 Å². The number of ether oxygens (including phenoxy) is 2. The number of hydrogen-bond acceptors (Lipinski definition) is 4. The first-order valence-electron chi connectivity index (χ1n) is 7.13. The molecule has 0 radical (unpaired) electrons. The van der Waals surface area contributed by atoms with Gasteiger partial charge < -0.3 is 20.1 Å². The zero-order valence-corrected chi connectivity index (χ0v) is 13.5. The summed E-state index contributed by atoms with van der Waals surface area (Å²) < 4.78 is 10.8. The molecular weight excluding hydrogens is 292 g/mol. The first kappa shape index (κ1) is 17.6. The van der Waals surface area contributed by atoms with Gasteiger partial charge in [0.2, 0.25) is 0 Å². The Morgan fingerprint density at radius 3 is 2.67 bits per heavy atom. The third-order valence-electron chi connectivity index (χ3n) is 2.78. The van der Waals surface area contributed by atoms with Gasteiger partial charge >= 0.3 is 0 Å². The predicted molar refractivity (Wildman–Crippen MR) is 84.7 cm³/mol. The van der Waals surface area contributed by atoms with Crippen LogP contribution in [0.15, 0.2) is 12.1 Å². The monoisotopic (exact) mass is 314 g/mol. The topological polar surface area (TPSA) is 59.6 Å². The first-order valence-corrected chi connectivity index (χ1v) is 7.51. The fourth-order valence-electron chi connectivity index (χ4n) is 1.74. The van der Waals surface area contributed by atoms with E-state index in [1.54, 1.807) is 12.1 Å². The Balaban J connectivity index is 2.79. The minimum Gasteiger partial charge on any atom is -0.493 e. The van der Waals surface area contributed by atoms with E-state index in [0.29, 0.717) is 35.2 Å². The van der Waals surface area contributed by atoms with Crippen molar-refractivity contribution in [1.82, 2.24) is 10.6 Å². The summed E-state index contributed by atoms with van der Waals surface area (Å²) in [6, 6.07) is 3.23. The summed E-state index contributed by atoms with van der Waals surface area (Å²) in [6.45, 7) is 6.73. The Morgan fingerprint density at radius 2 is 2.05 bits per heavy atom. The van der Waals surface area contributed by atoms with E-state index in [4.69, 9.17) is 21.1 Å². The summed E-state index contributed by atoms with van der Waals surface area (Å²) in [5.74, 6) is 0.758. The predicted octanol–water partition coefficient (Wildman–Crippen LogP) is 2.48. The number of carbonyl (C=O) groups is 1. The standard InChI is InChI=1S/C15H23ClN2O3/c1-4-8-21-14-12(16)9-11(10-13(14)20-3)15(19)18-7-6-17-5-2/h9-10,17H,4-8H2,1-3H3,(H,18,19). The van der Waals surface area contributed by atoms with E-state index in [2.05, 4.69) is 10.6 Å². The molecule has 1 aromatic rings. The van der Waals surface area contributed by atoms with Crippen LogP contribution >= 0.6 is 11.6 Å². The van der Waals surface area contributed by atoms with Crippen molar-refractivity contribution in [3.8, 4) is 11.5 Å². The summed E-state index contributed by atoms with van der Waals surface area (Å²) in [4.78, 5) is 12.1. The first-order chi connectivity index (χ1) is 10.1. The Kier molecular flexibility index (Phi) is 7.93. The van der Waals surface area contributed by atoms with Crippen molar-refractivity contribution >= 4 is 17.5 Å². The largest absolute Gasteiger partial charge is 0.493 e. The van der Waals surface area contributed by atoms with E-state index in [-0.39, 0.29) is 5.91 Å². The molecule has 0 atom stereocenters. The van der Waals surface area contributed by atoms with E-state index >= 15 is 0 Å². The van der Waals surface area contributed by atoms with Gasteiger partial charge in [-0.3, -0.25) is 4.79 Å². The minimum absolute atomic E-state index is 0.185. The molecule has 1 amide bonds. The van der Waals surface area contributed by atoms with Gasteiger partial charge in [-0.25, -0.2) is 0 Å². The molecule has 6 heteroatoms. The van der Waals surface area contributed by atoms with Gasteiger partial charge in [0.25, 0.3) is 5.91 Å². The third-order valence-corrected chi connectivity index (χ3v) is 3.06. The number of methoxy groups -OCH3 is 1. The number of halogens is 1. The maximum absolute atomic E-state index is 12.1. The Hall–Kier alpha value is -1.46. The summed E-state index contributed by atoms with van der Waals surface area (Å²) in [5, 5.41) is 6.33. The van der Waals surface area contributed by atoms with Crippen LogP contribution in [-0.4, -0.2) is 39.3 Å². The van der Waals surface area contributed by atoms with Crippen molar-refractivity contribution in [2.75, 3.05) is 33.4 Å². The van der Waals surface area contributed by atoms with Gasteiger partial charge in [-0.05, 0) is 25.1 Å². The molecule has 5 nitrogen and oxygen atoms in total. The van der Waals surface area contributed by atoms with Crippen molar-refractivity contribution in [3.63, 3.8) is 0 Å². The molecule has 0 aliphatic rings. The van der Waals surface area contributed by atoms with Crippen molar-refractivity contribution in [3.05, 3.63) is 22.7 Å². The van der Waals surface area contributed by atoms with Crippen LogP contribution in [0.5, 0.6) is 11.5 Å². The van der Waals surface area contributed by atoms with Crippen molar-refractivity contribution in [2.45, 2.75) is 20.3 Å². The van der Waals surface area contributed by atoms with Gasteiger partial charge in [0.05, 0.1) is 18.7 Å². The van der Waals surface area contributed by atoms with Crippen LogP contribution in [0, 0.1) is 0 Å². The maximum Gasteiger partial charge on any atom is 0.251 e. The zero-order chi connectivity index (χ0) is 15.7. The molecule has 1 rings (SSSR count). The molecule has 118 valence electrons. The summed E-state index contributed by atoms with van der Waals surface area (Å²) in [5.41, 5.74) is 0.456. The Bertz CT molecular complexity index is 466. The lowest BCUT2D eigenvalue weighted by Crippen LogP contribution is -2.31. The van der Waals surface area contributed by atoms with Gasteiger partial charge in [-0.1, -0.05) is 25.4 Å². The smallest absolute Gasteiger partial charge is 0.251 e. The molecule has 0 saturated carbocycles. The molecule has 0 fully saturated rings. The molecule has 21 heavy (non-hydrogen) atoms. The second-order valence-corrected chi connectivity index (χ2v) is 4.85. The number of carbonyl (C=O) groups excluding carboxylic acids is 1. The number of amides is 1. The lowest BCUT2D eigenvalue weighted by Gasteiger charge is -2.14. The fraction of sp³-hybridized carbons (Fsp3) is 0.533. The zero-order valence-electron chi connectivity index (χ0n) is 12.8. The molecule has 0 bridgehead atoms. The van der Waals surface area contributed by atoms with E-state index in [1.165, 1.54) is 7.11 Å². The molecule has 0 heterocycles. The Morgan fingerprint density at radius 1 is 1.29 bits per heavy atom. The van der Waals surface area contributed by atoms with E-state index in [1.807, 2.05) is 13.8 Å². The molecule has 0 aromatic heterocycles. The quantitative estimate of drug-likeness (QED) is 0.688. The molecular formula is C15H23ClN2O3. The second kappa shape index (κ2) is 9.47. The average Bonchev–Trinajstić information content (AvgIpc) is 2.49. The molecule has 1 aromatic carbocycles. The van der Waals surface area contributed by atoms with Crippen LogP contribution in [-0.2, 0) is 0 Å². The molecule has 0 aliphatic carbocycles.